The molecule has 0 fully saturated rings. The van der Waals surface area contributed by atoms with E-state index in [4.69, 9.17) is 18.9 Å². The Morgan fingerprint density at radius 3 is 2.60 bits per heavy atom. The van der Waals surface area contributed by atoms with Crippen LogP contribution in [0, 0.1) is 5.92 Å². The number of amides is 1. The standard InChI is InChI=1S/C35H46N2O6/c1-25(2)14-17-37-34(39)29-7-5-6-27(20-29)23-40-18-19-41-31-11-8-26(9-12-31)15-16-36-22-32(38)28-10-13-33-30(21-28)24-42-35(3,4)43-33/h5-13,20-21,25,32,36,38H,14-19,22-24H2,1-4H3,(H,37,39)/t32-/m0/s1. The maximum Gasteiger partial charge on any atom is 0.251 e. The lowest BCUT2D eigenvalue weighted by molar-refractivity contribution is -0.180. The summed E-state index contributed by atoms with van der Waals surface area (Å²) in [5, 5.41) is 16.9. The lowest BCUT2D eigenvalue weighted by atomic mass is 10.0. The van der Waals surface area contributed by atoms with Gasteiger partial charge in [0.05, 0.1) is 25.9 Å². The molecule has 0 saturated carbocycles. The van der Waals surface area contributed by atoms with Gasteiger partial charge in [-0.05, 0) is 78.4 Å². The minimum Gasteiger partial charge on any atom is -0.491 e. The van der Waals surface area contributed by atoms with Crippen molar-refractivity contribution in [3.63, 3.8) is 0 Å². The lowest BCUT2D eigenvalue weighted by Crippen LogP contribution is -2.35. The summed E-state index contributed by atoms with van der Waals surface area (Å²) in [7, 11) is 0. The average Bonchev–Trinajstić information content (AvgIpc) is 2.99. The molecule has 232 valence electrons. The van der Waals surface area contributed by atoms with E-state index < -0.39 is 11.9 Å². The molecule has 3 aromatic carbocycles. The van der Waals surface area contributed by atoms with E-state index in [0.29, 0.717) is 51.0 Å². The van der Waals surface area contributed by atoms with Gasteiger partial charge in [-0.1, -0.05) is 44.2 Å². The van der Waals surface area contributed by atoms with Gasteiger partial charge in [0.2, 0.25) is 5.79 Å². The molecule has 3 N–H and O–H groups in total. The van der Waals surface area contributed by atoms with E-state index >= 15 is 0 Å². The summed E-state index contributed by atoms with van der Waals surface area (Å²) in [5.74, 6) is 1.47. The van der Waals surface area contributed by atoms with E-state index in [2.05, 4.69) is 36.6 Å². The van der Waals surface area contributed by atoms with Crippen LogP contribution in [-0.4, -0.2) is 49.6 Å². The van der Waals surface area contributed by atoms with E-state index in [9.17, 15) is 9.90 Å². The van der Waals surface area contributed by atoms with Crippen molar-refractivity contribution in [2.24, 2.45) is 5.92 Å². The fraction of sp³-hybridized carbons (Fsp3) is 0.457. The smallest absolute Gasteiger partial charge is 0.251 e. The Morgan fingerprint density at radius 1 is 1.00 bits per heavy atom. The minimum absolute atomic E-state index is 0.0519. The van der Waals surface area contributed by atoms with Gasteiger partial charge < -0.3 is 34.7 Å². The topological polar surface area (TPSA) is 98.3 Å². The third-order valence-electron chi connectivity index (χ3n) is 7.21. The highest BCUT2D eigenvalue weighted by atomic mass is 16.7. The molecule has 0 aliphatic carbocycles. The van der Waals surface area contributed by atoms with E-state index in [1.807, 2.05) is 68.4 Å². The summed E-state index contributed by atoms with van der Waals surface area (Å²) in [5.41, 5.74) is 4.59. The van der Waals surface area contributed by atoms with E-state index in [1.165, 1.54) is 5.56 Å². The van der Waals surface area contributed by atoms with Crippen LogP contribution in [0.25, 0.3) is 0 Å². The number of aliphatic hydroxyl groups is 1. The molecule has 3 aromatic rings. The number of benzene rings is 3. The molecule has 0 aromatic heterocycles. The van der Waals surface area contributed by atoms with E-state index in [0.717, 1.165) is 47.6 Å². The summed E-state index contributed by atoms with van der Waals surface area (Å²) in [6.45, 7) is 11.7. The number of hydrogen-bond acceptors (Lipinski definition) is 7. The number of fused-ring (bicyclic) bond motifs is 1. The Morgan fingerprint density at radius 2 is 1.81 bits per heavy atom. The van der Waals surface area contributed by atoms with Gasteiger partial charge in [0, 0.05) is 38.1 Å². The molecule has 1 aliphatic rings. The fourth-order valence-electron chi connectivity index (χ4n) is 4.69. The first-order chi connectivity index (χ1) is 20.7. The molecular weight excluding hydrogens is 544 g/mol. The summed E-state index contributed by atoms with van der Waals surface area (Å²) < 4.78 is 23.1. The van der Waals surface area contributed by atoms with Gasteiger partial charge in [-0.3, -0.25) is 4.79 Å². The van der Waals surface area contributed by atoms with Crippen LogP contribution in [0.3, 0.4) is 0 Å². The molecule has 43 heavy (non-hydrogen) atoms. The number of carbonyl (C=O) groups excluding carboxylic acids is 1. The Balaban J connectivity index is 1.09. The van der Waals surface area contributed by atoms with Gasteiger partial charge in [-0.25, -0.2) is 0 Å². The highest BCUT2D eigenvalue weighted by Crippen LogP contribution is 2.32. The van der Waals surface area contributed by atoms with Gasteiger partial charge >= 0.3 is 0 Å². The molecular formula is C35H46N2O6. The second kappa shape index (κ2) is 15.9. The van der Waals surface area contributed by atoms with Crippen molar-refractivity contribution < 1.29 is 28.8 Å². The minimum atomic E-state index is -0.629. The van der Waals surface area contributed by atoms with Crippen LogP contribution in [0.1, 0.15) is 72.8 Å². The predicted molar refractivity (Wildman–Crippen MR) is 167 cm³/mol. The Kier molecular flexibility index (Phi) is 12.0. The monoisotopic (exact) mass is 590 g/mol. The summed E-state index contributed by atoms with van der Waals surface area (Å²) in [6.07, 6.45) is 1.19. The second-order valence-electron chi connectivity index (χ2n) is 11.8. The maximum atomic E-state index is 12.4. The molecule has 8 nitrogen and oxygen atoms in total. The van der Waals surface area contributed by atoms with Gasteiger partial charge in [-0.15, -0.1) is 0 Å². The van der Waals surface area contributed by atoms with Gasteiger partial charge in [0.15, 0.2) is 0 Å². The second-order valence-corrected chi connectivity index (χ2v) is 11.8. The average molecular weight is 591 g/mol. The predicted octanol–water partition coefficient (Wildman–Crippen LogP) is 5.57. The number of aliphatic hydroxyl groups excluding tert-OH is 1. The molecule has 0 radical (unpaired) electrons. The number of nitrogens with one attached hydrogen (secondary N) is 2. The van der Waals surface area contributed by atoms with Crippen LogP contribution in [0.2, 0.25) is 0 Å². The molecule has 8 heteroatoms. The Hall–Kier alpha value is -3.43. The van der Waals surface area contributed by atoms with Crippen molar-refractivity contribution in [2.75, 3.05) is 32.8 Å². The first kappa shape index (κ1) is 32.5. The van der Waals surface area contributed by atoms with Crippen molar-refractivity contribution >= 4 is 5.91 Å². The zero-order chi connectivity index (χ0) is 30.7. The fourth-order valence-corrected chi connectivity index (χ4v) is 4.69. The Labute approximate surface area is 255 Å². The van der Waals surface area contributed by atoms with Gasteiger partial charge in [0.1, 0.15) is 18.1 Å². The zero-order valence-electron chi connectivity index (χ0n) is 25.9. The molecule has 0 saturated heterocycles. The zero-order valence-corrected chi connectivity index (χ0v) is 25.9. The van der Waals surface area contributed by atoms with E-state index in [1.54, 1.807) is 0 Å². The van der Waals surface area contributed by atoms with Crippen LogP contribution in [0.4, 0.5) is 0 Å². The number of rotatable bonds is 16. The Bertz CT molecular complexity index is 1310. The number of carbonyl (C=O) groups is 1. The first-order valence-corrected chi connectivity index (χ1v) is 15.2. The largest absolute Gasteiger partial charge is 0.491 e. The van der Waals surface area contributed by atoms with E-state index in [-0.39, 0.29) is 5.91 Å². The van der Waals surface area contributed by atoms with Crippen molar-refractivity contribution in [3.05, 3.63) is 94.5 Å². The van der Waals surface area contributed by atoms with Crippen molar-refractivity contribution in [1.29, 1.82) is 0 Å². The lowest BCUT2D eigenvalue weighted by Gasteiger charge is -2.33. The van der Waals surface area contributed by atoms with Crippen LogP contribution in [0.15, 0.2) is 66.7 Å². The molecule has 1 amide bonds. The highest BCUT2D eigenvalue weighted by Gasteiger charge is 2.27. The maximum absolute atomic E-state index is 12.4. The molecule has 1 aliphatic heterocycles. The molecule has 1 atom stereocenters. The molecule has 0 spiro atoms. The van der Waals surface area contributed by atoms with Crippen molar-refractivity contribution in [3.8, 4) is 11.5 Å². The molecule has 1 heterocycles. The van der Waals surface area contributed by atoms with Crippen LogP contribution < -0.4 is 20.1 Å². The van der Waals surface area contributed by atoms with Crippen molar-refractivity contribution in [1.82, 2.24) is 10.6 Å². The molecule has 0 unspecified atom stereocenters. The summed E-state index contributed by atoms with van der Waals surface area (Å²) in [4.78, 5) is 12.4. The summed E-state index contributed by atoms with van der Waals surface area (Å²) in [6, 6.07) is 21.3. The quantitative estimate of drug-likeness (QED) is 0.188. The summed E-state index contributed by atoms with van der Waals surface area (Å²) >= 11 is 0. The van der Waals surface area contributed by atoms with Crippen LogP contribution in [0.5, 0.6) is 11.5 Å². The first-order valence-electron chi connectivity index (χ1n) is 15.2. The SMILES string of the molecule is CC(C)CCNC(=O)c1cccc(COCCOc2ccc(CCNC[C@H](O)c3ccc4c(c3)COC(C)(C)O4)cc2)c1. The molecule has 0 bridgehead atoms. The van der Waals surface area contributed by atoms with Crippen LogP contribution >= 0.6 is 0 Å². The van der Waals surface area contributed by atoms with Gasteiger partial charge in [-0.2, -0.15) is 0 Å². The number of ether oxygens (including phenoxy) is 4. The third kappa shape index (κ3) is 10.7. The highest BCUT2D eigenvalue weighted by molar-refractivity contribution is 5.94. The van der Waals surface area contributed by atoms with Crippen LogP contribution in [-0.2, 0) is 29.1 Å². The normalized spacial score (nSPS) is 14.6. The van der Waals surface area contributed by atoms with Gasteiger partial charge in [0.25, 0.3) is 5.91 Å². The number of hydrogen-bond donors (Lipinski definition) is 3. The third-order valence-corrected chi connectivity index (χ3v) is 7.21. The molecule has 4 rings (SSSR count). The van der Waals surface area contributed by atoms with Crippen molar-refractivity contribution in [2.45, 2.75) is 65.6 Å².